The standard InChI is InChI=1S/C28H18F3NO8/c1-37-19-10-7-14(11-21(19)38-2)23-24(34)18-9-8-15(12-20(18)40-25(23)28(29,30)31)39-22(33)13-32-26(35)16-5-3-4-6-17(16)27(32)36/h3-12H,13H2,1-2H3. The largest absolute Gasteiger partial charge is 0.493 e. The summed E-state index contributed by atoms with van der Waals surface area (Å²) < 4.78 is 62.7. The summed E-state index contributed by atoms with van der Waals surface area (Å²) in [4.78, 5) is 51.5. The van der Waals surface area contributed by atoms with Crippen LogP contribution in [0.5, 0.6) is 17.2 Å². The number of hydrogen-bond donors (Lipinski definition) is 0. The summed E-state index contributed by atoms with van der Waals surface area (Å²) in [7, 11) is 2.65. The van der Waals surface area contributed by atoms with Crippen LogP contribution in [0, 0.1) is 0 Å². The van der Waals surface area contributed by atoms with Gasteiger partial charge in [-0.15, -0.1) is 0 Å². The molecule has 0 atom stereocenters. The molecule has 5 rings (SSSR count). The predicted molar refractivity (Wildman–Crippen MR) is 133 cm³/mol. The third kappa shape index (κ3) is 4.53. The number of methoxy groups -OCH3 is 2. The van der Waals surface area contributed by atoms with E-state index in [0.29, 0.717) is 4.90 Å². The molecule has 12 heteroatoms. The van der Waals surface area contributed by atoms with Crippen LogP contribution >= 0.6 is 0 Å². The van der Waals surface area contributed by atoms with Crippen LogP contribution in [0.1, 0.15) is 26.5 Å². The highest BCUT2D eigenvalue weighted by Gasteiger charge is 2.40. The monoisotopic (exact) mass is 553 g/mol. The Hall–Kier alpha value is -5.13. The van der Waals surface area contributed by atoms with Gasteiger partial charge in [0, 0.05) is 6.07 Å². The summed E-state index contributed by atoms with van der Waals surface area (Å²) in [6, 6.07) is 13.2. The summed E-state index contributed by atoms with van der Waals surface area (Å²) in [5.74, 6) is -3.87. The number of rotatable bonds is 6. The van der Waals surface area contributed by atoms with Crippen molar-refractivity contribution in [2.45, 2.75) is 6.18 Å². The normalized spacial score (nSPS) is 13.0. The molecule has 9 nitrogen and oxygen atoms in total. The van der Waals surface area contributed by atoms with Crippen LogP contribution in [0.2, 0.25) is 0 Å². The number of benzene rings is 3. The third-order valence-corrected chi connectivity index (χ3v) is 6.19. The van der Waals surface area contributed by atoms with E-state index in [1.807, 2.05) is 0 Å². The molecule has 0 spiro atoms. The molecule has 2 heterocycles. The minimum atomic E-state index is -5.06. The molecule has 1 aliphatic heterocycles. The predicted octanol–water partition coefficient (Wildman–Crippen LogP) is 4.70. The first kappa shape index (κ1) is 26.5. The number of amides is 2. The second-order valence-electron chi connectivity index (χ2n) is 8.58. The van der Waals surface area contributed by atoms with Crippen molar-refractivity contribution < 1.29 is 46.2 Å². The van der Waals surface area contributed by atoms with Gasteiger partial charge in [0.05, 0.1) is 36.3 Å². The van der Waals surface area contributed by atoms with E-state index in [1.54, 1.807) is 12.1 Å². The van der Waals surface area contributed by atoms with E-state index in [-0.39, 0.29) is 39.3 Å². The fraction of sp³-hybridized carbons (Fsp3) is 0.143. The van der Waals surface area contributed by atoms with E-state index >= 15 is 0 Å². The maximum Gasteiger partial charge on any atom is 0.450 e. The van der Waals surface area contributed by atoms with E-state index in [2.05, 4.69) is 0 Å². The van der Waals surface area contributed by atoms with Crippen molar-refractivity contribution in [3.05, 3.63) is 87.8 Å². The summed E-state index contributed by atoms with van der Waals surface area (Å²) in [6.45, 7) is -0.736. The number of imide groups is 1. The van der Waals surface area contributed by atoms with Crippen LogP contribution in [-0.4, -0.2) is 43.4 Å². The van der Waals surface area contributed by atoms with Crippen LogP contribution in [0.3, 0.4) is 0 Å². The summed E-state index contributed by atoms with van der Waals surface area (Å²) >= 11 is 0. The maximum atomic E-state index is 14.1. The van der Waals surface area contributed by atoms with Crippen LogP contribution in [-0.2, 0) is 11.0 Å². The van der Waals surface area contributed by atoms with E-state index < -0.39 is 52.8 Å². The minimum absolute atomic E-state index is 0.105. The average molecular weight is 553 g/mol. The highest BCUT2D eigenvalue weighted by atomic mass is 19.4. The smallest absolute Gasteiger partial charge is 0.450 e. The van der Waals surface area contributed by atoms with Crippen LogP contribution in [0.15, 0.2) is 69.9 Å². The van der Waals surface area contributed by atoms with Gasteiger partial charge in [0.25, 0.3) is 11.8 Å². The van der Waals surface area contributed by atoms with Gasteiger partial charge in [0.15, 0.2) is 11.5 Å². The molecule has 40 heavy (non-hydrogen) atoms. The van der Waals surface area contributed by atoms with Gasteiger partial charge < -0.3 is 18.6 Å². The number of hydrogen-bond acceptors (Lipinski definition) is 8. The van der Waals surface area contributed by atoms with E-state index in [1.165, 1.54) is 50.6 Å². The van der Waals surface area contributed by atoms with Gasteiger partial charge in [-0.1, -0.05) is 18.2 Å². The lowest BCUT2D eigenvalue weighted by Crippen LogP contribution is -2.36. The first-order valence-corrected chi connectivity index (χ1v) is 11.6. The van der Waals surface area contributed by atoms with Gasteiger partial charge in [-0.2, -0.15) is 13.2 Å². The van der Waals surface area contributed by atoms with E-state index in [9.17, 15) is 32.3 Å². The molecule has 0 saturated carbocycles. The van der Waals surface area contributed by atoms with Crippen molar-refractivity contribution in [2.75, 3.05) is 20.8 Å². The van der Waals surface area contributed by atoms with Gasteiger partial charge in [-0.05, 0) is 42.0 Å². The molecule has 4 aromatic rings. The molecule has 0 fully saturated rings. The Morgan fingerprint density at radius 1 is 0.875 bits per heavy atom. The van der Waals surface area contributed by atoms with Gasteiger partial charge in [0.2, 0.25) is 11.2 Å². The number of halogens is 3. The summed E-state index contributed by atoms with van der Waals surface area (Å²) in [5.41, 5.74) is -2.05. The topological polar surface area (TPSA) is 112 Å². The number of ether oxygens (including phenoxy) is 3. The number of carbonyl (C=O) groups is 3. The zero-order valence-electron chi connectivity index (χ0n) is 20.8. The molecule has 1 aliphatic rings. The lowest BCUT2D eigenvalue weighted by molar-refractivity contribution is -0.152. The Bertz CT molecular complexity index is 1720. The second-order valence-corrected chi connectivity index (χ2v) is 8.58. The molecule has 204 valence electrons. The Kier molecular flexibility index (Phi) is 6.54. The van der Waals surface area contributed by atoms with Gasteiger partial charge in [-0.25, -0.2) is 4.79 Å². The highest BCUT2D eigenvalue weighted by molar-refractivity contribution is 6.22. The van der Waals surface area contributed by atoms with Crippen molar-refractivity contribution in [2.24, 2.45) is 0 Å². The molecule has 2 amide bonds. The lowest BCUT2D eigenvalue weighted by atomic mass is 10.0. The molecule has 3 aromatic carbocycles. The number of carbonyl (C=O) groups excluding carboxylic acids is 3. The second kappa shape index (κ2) is 9.88. The Balaban J connectivity index is 1.48. The molecule has 0 bridgehead atoms. The zero-order chi connectivity index (χ0) is 28.8. The molecular weight excluding hydrogens is 535 g/mol. The molecule has 0 aliphatic carbocycles. The molecule has 1 aromatic heterocycles. The molecule has 0 saturated heterocycles. The van der Waals surface area contributed by atoms with Crippen molar-refractivity contribution in [3.63, 3.8) is 0 Å². The third-order valence-electron chi connectivity index (χ3n) is 6.19. The van der Waals surface area contributed by atoms with Gasteiger partial charge in [-0.3, -0.25) is 19.3 Å². The van der Waals surface area contributed by atoms with Crippen LogP contribution < -0.4 is 19.6 Å². The van der Waals surface area contributed by atoms with Crippen LogP contribution in [0.4, 0.5) is 13.2 Å². The van der Waals surface area contributed by atoms with E-state index in [4.69, 9.17) is 18.6 Å². The zero-order valence-corrected chi connectivity index (χ0v) is 20.8. The first-order chi connectivity index (χ1) is 19.0. The minimum Gasteiger partial charge on any atom is -0.493 e. The SMILES string of the molecule is COc1ccc(-c2c(C(F)(F)F)oc3cc(OC(=O)CN4C(=O)c5ccccc5C4=O)ccc3c2=O)cc1OC. The van der Waals surface area contributed by atoms with E-state index in [0.717, 1.165) is 12.1 Å². The number of fused-ring (bicyclic) bond motifs is 2. The Labute approximate surface area is 223 Å². The van der Waals surface area contributed by atoms with Crippen molar-refractivity contribution in [1.82, 2.24) is 4.90 Å². The summed E-state index contributed by atoms with van der Waals surface area (Å²) in [6.07, 6.45) is -5.06. The number of nitrogens with zero attached hydrogens (tertiary/aromatic N) is 1. The highest BCUT2D eigenvalue weighted by Crippen LogP contribution is 2.40. The lowest BCUT2D eigenvalue weighted by Gasteiger charge is -2.15. The first-order valence-electron chi connectivity index (χ1n) is 11.6. The molecule has 0 N–H and O–H groups in total. The summed E-state index contributed by atoms with van der Waals surface area (Å²) in [5, 5.41) is -0.210. The Morgan fingerprint density at radius 3 is 2.12 bits per heavy atom. The van der Waals surface area contributed by atoms with Crippen molar-refractivity contribution in [1.29, 1.82) is 0 Å². The van der Waals surface area contributed by atoms with Crippen molar-refractivity contribution >= 4 is 28.8 Å². The average Bonchev–Trinajstić information content (AvgIpc) is 3.16. The van der Waals surface area contributed by atoms with Gasteiger partial charge >= 0.3 is 12.1 Å². The number of alkyl halides is 3. The quantitative estimate of drug-likeness (QED) is 0.192. The fourth-order valence-electron chi connectivity index (χ4n) is 4.37. The molecule has 0 radical (unpaired) electrons. The molecular formula is C28H18F3NO8. The van der Waals surface area contributed by atoms with Crippen molar-refractivity contribution in [3.8, 4) is 28.4 Å². The fourth-order valence-corrected chi connectivity index (χ4v) is 4.37. The van der Waals surface area contributed by atoms with Gasteiger partial charge in [0.1, 0.15) is 17.9 Å². The number of esters is 1. The Morgan fingerprint density at radius 2 is 1.52 bits per heavy atom. The molecule has 0 unspecified atom stereocenters. The van der Waals surface area contributed by atoms with Crippen LogP contribution in [0.25, 0.3) is 22.1 Å². The maximum absolute atomic E-state index is 14.1.